The number of rotatable bonds is 7. The Balaban J connectivity index is 1.87. The summed E-state index contributed by atoms with van der Waals surface area (Å²) in [5, 5.41) is 18.2. The van der Waals surface area contributed by atoms with E-state index < -0.39 is 16.0 Å². The molecule has 0 aliphatic rings. The maximum atomic E-state index is 13.0. The highest BCUT2D eigenvalue weighted by atomic mass is 32.2. The second-order valence-electron chi connectivity index (χ2n) is 7.20. The number of carboxylic acid groups (broad SMARTS) is 1. The van der Waals surface area contributed by atoms with Crippen LogP contribution in [0, 0.1) is 6.92 Å². The molecule has 3 aromatic heterocycles. The average molecular weight is 468 g/mol. The van der Waals surface area contributed by atoms with E-state index in [9.17, 15) is 18.3 Å². The minimum atomic E-state index is -3.93. The number of aromatic carboxylic acids is 1. The summed E-state index contributed by atoms with van der Waals surface area (Å²) in [6.45, 7) is 3.66. The van der Waals surface area contributed by atoms with Crippen molar-refractivity contribution in [1.29, 1.82) is 0 Å². The molecular weight excluding hydrogens is 446 g/mol. The van der Waals surface area contributed by atoms with Crippen LogP contribution in [0.5, 0.6) is 5.88 Å². The monoisotopic (exact) mass is 467 g/mol. The fourth-order valence-corrected chi connectivity index (χ4v) is 4.52. The first-order valence-electron chi connectivity index (χ1n) is 10.00. The van der Waals surface area contributed by atoms with E-state index in [0.29, 0.717) is 29.2 Å². The van der Waals surface area contributed by atoms with Crippen molar-refractivity contribution in [1.82, 2.24) is 24.0 Å². The van der Waals surface area contributed by atoms with Crippen LogP contribution in [0.2, 0.25) is 0 Å². The second-order valence-corrected chi connectivity index (χ2v) is 8.99. The van der Waals surface area contributed by atoms with Crippen molar-refractivity contribution in [2.45, 2.75) is 25.2 Å². The minimum Gasteiger partial charge on any atom is -0.481 e. The van der Waals surface area contributed by atoms with Crippen LogP contribution >= 0.6 is 0 Å². The Labute approximate surface area is 190 Å². The van der Waals surface area contributed by atoms with E-state index in [2.05, 4.69) is 15.2 Å². The zero-order chi connectivity index (χ0) is 23.8. The van der Waals surface area contributed by atoms with Crippen LogP contribution in [0.4, 0.5) is 0 Å². The van der Waals surface area contributed by atoms with E-state index in [-0.39, 0.29) is 16.3 Å². The lowest BCUT2D eigenvalue weighted by molar-refractivity contribution is 0.0689. The van der Waals surface area contributed by atoms with Gasteiger partial charge in [0.15, 0.2) is 5.69 Å². The molecule has 0 amide bonds. The van der Waals surface area contributed by atoms with Crippen LogP contribution in [-0.2, 0) is 16.4 Å². The van der Waals surface area contributed by atoms with Gasteiger partial charge < -0.3 is 9.84 Å². The van der Waals surface area contributed by atoms with Gasteiger partial charge in [0, 0.05) is 17.8 Å². The molecule has 0 aliphatic carbocycles. The van der Waals surface area contributed by atoms with E-state index in [1.807, 2.05) is 6.92 Å². The Kier molecular flexibility index (Phi) is 5.73. The van der Waals surface area contributed by atoms with Gasteiger partial charge >= 0.3 is 5.97 Å². The molecule has 0 aliphatic heterocycles. The molecule has 0 radical (unpaired) electrons. The molecule has 0 atom stereocenters. The molecular formula is C22H21N5O5S. The molecule has 0 saturated heterocycles. The molecule has 3 heterocycles. The molecule has 1 aromatic carbocycles. The summed E-state index contributed by atoms with van der Waals surface area (Å²) >= 11 is 0. The number of nitrogens with zero attached hydrogens (tertiary/aromatic N) is 5. The van der Waals surface area contributed by atoms with Crippen molar-refractivity contribution < 1.29 is 23.1 Å². The molecule has 0 saturated carbocycles. The van der Waals surface area contributed by atoms with E-state index in [4.69, 9.17) is 4.74 Å². The SMILES string of the molecule is CCc1c(C(=O)O)nn(-c2ccc(OC)nc2)c1-c1ccn(S(=O)(=O)c2ccc(C)cc2)n1. The largest absolute Gasteiger partial charge is 0.481 e. The van der Waals surface area contributed by atoms with Gasteiger partial charge in [-0.05, 0) is 37.6 Å². The van der Waals surface area contributed by atoms with E-state index in [0.717, 1.165) is 9.65 Å². The summed E-state index contributed by atoms with van der Waals surface area (Å²) in [7, 11) is -2.44. The maximum absolute atomic E-state index is 13.0. The van der Waals surface area contributed by atoms with Gasteiger partial charge in [-0.15, -0.1) is 0 Å². The van der Waals surface area contributed by atoms with E-state index in [1.54, 1.807) is 31.2 Å². The van der Waals surface area contributed by atoms with Crippen molar-refractivity contribution in [3.05, 3.63) is 71.7 Å². The first kappa shape index (κ1) is 22.2. The van der Waals surface area contributed by atoms with Gasteiger partial charge in [-0.3, -0.25) is 0 Å². The molecule has 0 unspecified atom stereocenters. The Morgan fingerprint density at radius 3 is 2.39 bits per heavy atom. The summed E-state index contributed by atoms with van der Waals surface area (Å²) in [5.74, 6) is -0.810. The molecule has 0 fully saturated rings. The highest BCUT2D eigenvalue weighted by Gasteiger charge is 2.26. The fraction of sp³-hybridized carbons (Fsp3) is 0.182. The minimum absolute atomic E-state index is 0.0950. The topological polar surface area (TPSA) is 129 Å². The smallest absolute Gasteiger partial charge is 0.356 e. The number of hydrogen-bond acceptors (Lipinski definition) is 7. The van der Waals surface area contributed by atoms with Gasteiger partial charge in [-0.1, -0.05) is 24.6 Å². The normalized spacial score (nSPS) is 11.5. The Hall–Kier alpha value is -3.99. The standard InChI is InChI=1S/C22H21N5O5S/c1-4-17-20(22(28)29)25-27(15-7-10-19(32-3)23-13-15)21(17)18-11-12-26(24-18)33(30,31)16-8-5-14(2)6-9-16/h5-13H,4H2,1-3H3,(H,28,29). The zero-order valence-corrected chi connectivity index (χ0v) is 18.9. The first-order valence-corrected chi connectivity index (χ1v) is 11.4. The van der Waals surface area contributed by atoms with Gasteiger partial charge in [0.1, 0.15) is 5.69 Å². The van der Waals surface area contributed by atoms with Crippen LogP contribution in [-0.4, -0.2) is 50.6 Å². The molecule has 4 rings (SSSR count). The lowest BCUT2D eigenvalue weighted by Crippen LogP contribution is -2.14. The summed E-state index contributed by atoms with van der Waals surface area (Å²) in [5.41, 5.74) is 2.33. The number of pyridine rings is 1. The number of carbonyl (C=O) groups is 1. The van der Waals surface area contributed by atoms with Crippen LogP contribution in [0.3, 0.4) is 0 Å². The van der Waals surface area contributed by atoms with Gasteiger partial charge in [-0.2, -0.15) is 22.7 Å². The molecule has 0 spiro atoms. The molecule has 4 aromatic rings. The fourth-order valence-electron chi connectivity index (χ4n) is 3.41. The molecule has 0 bridgehead atoms. The highest BCUT2D eigenvalue weighted by Crippen LogP contribution is 2.30. The third kappa shape index (κ3) is 3.98. The molecule has 11 heteroatoms. The Morgan fingerprint density at radius 2 is 1.82 bits per heavy atom. The van der Waals surface area contributed by atoms with Crippen LogP contribution in [0.15, 0.2) is 59.8 Å². The number of carboxylic acids is 1. The van der Waals surface area contributed by atoms with Crippen LogP contribution in [0.25, 0.3) is 17.1 Å². The quantitative estimate of drug-likeness (QED) is 0.439. The first-order chi connectivity index (χ1) is 15.8. The lowest BCUT2D eigenvalue weighted by Gasteiger charge is -2.08. The third-order valence-electron chi connectivity index (χ3n) is 5.09. The summed E-state index contributed by atoms with van der Waals surface area (Å²) in [6.07, 6.45) is 3.16. The van der Waals surface area contributed by atoms with Crippen LogP contribution in [0.1, 0.15) is 28.5 Å². The molecule has 1 N–H and O–H groups in total. The number of aromatic nitrogens is 5. The van der Waals surface area contributed by atoms with Crippen LogP contribution < -0.4 is 4.74 Å². The number of ether oxygens (including phenoxy) is 1. The highest BCUT2D eigenvalue weighted by molar-refractivity contribution is 7.89. The predicted octanol–water partition coefficient (Wildman–Crippen LogP) is 2.95. The van der Waals surface area contributed by atoms with Crippen molar-refractivity contribution in [2.24, 2.45) is 0 Å². The number of hydrogen-bond donors (Lipinski definition) is 1. The maximum Gasteiger partial charge on any atom is 0.356 e. The second kappa shape index (κ2) is 8.51. The summed E-state index contributed by atoms with van der Waals surface area (Å²) in [6, 6.07) is 11.2. The van der Waals surface area contributed by atoms with Crippen molar-refractivity contribution in [3.63, 3.8) is 0 Å². The van der Waals surface area contributed by atoms with Crippen molar-refractivity contribution in [3.8, 4) is 23.0 Å². The zero-order valence-electron chi connectivity index (χ0n) is 18.1. The Bertz CT molecular complexity index is 1420. The number of aryl methyl sites for hydroxylation is 1. The predicted molar refractivity (Wildman–Crippen MR) is 119 cm³/mol. The van der Waals surface area contributed by atoms with Crippen molar-refractivity contribution >= 4 is 16.0 Å². The average Bonchev–Trinajstić information content (AvgIpc) is 3.44. The van der Waals surface area contributed by atoms with E-state index >= 15 is 0 Å². The van der Waals surface area contributed by atoms with Crippen molar-refractivity contribution in [2.75, 3.05) is 7.11 Å². The summed E-state index contributed by atoms with van der Waals surface area (Å²) in [4.78, 5) is 16.1. The number of methoxy groups -OCH3 is 1. The van der Waals surface area contributed by atoms with E-state index in [1.165, 1.54) is 42.4 Å². The van der Waals surface area contributed by atoms with Gasteiger partial charge in [-0.25, -0.2) is 14.5 Å². The van der Waals surface area contributed by atoms with Gasteiger partial charge in [0.05, 0.1) is 29.6 Å². The summed E-state index contributed by atoms with van der Waals surface area (Å²) < 4.78 is 33.4. The lowest BCUT2D eigenvalue weighted by atomic mass is 10.1. The molecule has 170 valence electrons. The molecule has 10 nitrogen and oxygen atoms in total. The third-order valence-corrected chi connectivity index (χ3v) is 6.65. The number of benzene rings is 1. The van der Waals surface area contributed by atoms with Gasteiger partial charge in [0.25, 0.3) is 10.0 Å². The Morgan fingerprint density at radius 1 is 1.09 bits per heavy atom. The molecule has 33 heavy (non-hydrogen) atoms. The van der Waals surface area contributed by atoms with Gasteiger partial charge in [0.2, 0.25) is 5.88 Å².